The van der Waals surface area contributed by atoms with Crippen LogP contribution in [0.15, 0.2) is 42.9 Å². The Balaban J connectivity index is 1.94. The molecule has 5 heteroatoms. The number of aromatic nitrogens is 2. The van der Waals surface area contributed by atoms with Gasteiger partial charge < -0.3 is 10.6 Å². The predicted molar refractivity (Wildman–Crippen MR) is 83.3 cm³/mol. The summed E-state index contributed by atoms with van der Waals surface area (Å²) >= 11 is 0. The molecule has 2 aromatic heterocycles. The molecule has 2 rings (SSSR count). The third kappa shape index (κ3) is 4.56. The van der Waals surface area contributed by atoms with Gasteiger partial charge in [0.2, 0.25) is 0 Å². The van der Waals surface area contributed by atoms with Crippen molar-refractivity contribution in [3.63, 3.8) is 0 Å². The summed E-state index contributed by atoms with van der Waals surface area (Å²) in [4.78, 5) is 20.5. The van der Waals surface area contributed by atoms with Crippen LogP contribution in [0.4, 0.5) is 5.82 Å². The first kappa shape index (κ1) is 15.0. The van der Waals surface area contributed by atoms with Gasteiger partial charge in [0.05, 0.1) is 5.56 Å². The van der Waals surface area contributed by atoms with E-state index in [0.717, 1.165) is 12.0 Å². The minimum Gasteiger partial charge on any atom is -0.367 e. The summed E-state index contributed by atoms with van der Waals surface area (Å²) < 4.78 is 0. The highest BCUT2D eigenvalue weighted by molar-refractivity contribution is 5.98. The lowest BCUT2D eigenvalue weighted by Gasteiger charge is -2.13. The quantitative estimate of drug-likeness (QED) is 0.854. The van der Waals surface area contributed by atoms with E-state index in [0.29, 0.717) is 17.9 Å². The van der Waals surface area contributed by atoms with Gasteiger partial charge in [-0.2, -0.15) is 0 Å². The third-order valence-electron chi connectivity index (χ3n) is 2.90. The van der Waals surface area contributed by atoms with Gasteiger partial charge in [0, 0.05) is 31.2 Å². The van der Waals surface area contributed by atoms with Gasteiger partial charge in [0.25, 0.3) is 5.91 Å². The average Bonchev–Trinajstić information content (AvgIpc) is 2.48. The molecule has 21 heavy (non-hydrogen) atoms. The van der Waals surface area contributed by atoms with E-state index in [1.54, 1.807) is 24.5 Å². The first-order chi connectivity index (χ1) is 10.2. The summed E-state index contributed by atoms with van der Waals surface area (Å²) in [5, 5.41) is 6.09. The van der Waals surface area contributed by atoms with Crippen LogP contribution < -0.4 is 10.6 Å². The van der Waals surface area contributed by atoms with Crippen molar-refractivity contribution in [3.8, 4) is 0 Å². The summed E-state index contributed by atoms with van der Waals surface area (Å²) in [5.41, 5.74) is 1.67. The van der Waals surface area contributed by atoms with E-state index in [1.165, 1.54) is 0 Å². The highest BCUT2D eigenvalue weighted by Crippen LogP contribution is 2.12. The van der Waals surface area contributed by atoms with E-state index in [9.17, 15) is 4.79 Å². The normalized spacial score (nSPS) is 10.4. The van der Waals surface area contributed by atoms with Gasteiger partial charge in [0.15, 0.2) is 0 Å². The lowest BCUT2D eigenvalue weighted by molar-refractivity contribution is 0.0954. The molecular formula is C16H20N4O. The topological polar surface area (TPSA) is 66.9 Å². The van der Waals surface area contributed by atoms with Gasteiger partial charge in [0.1, 0.15) is 5.82 Å². The molecule has 1 amide bonds. The van der Waals surface area contributed by atoms with Crippen LogP contribution in [0.3, 0.4) is 0 Å². The molecule has 0 unspecified atom stereocenters. The van der Waals surface area contributed by atoms with Crippen molar-refractivity contribution in [1.82, 2.24) is 15.3 Å². The van der Waals surface area contributed by atoms with Gasteiger partial charge in [-0.3, -0.25) is 9.78 Å². The molecule has 0 aromatic carbocycles. The Morgan fingerprint density at radius 2 is 2.05 bits per heavy atom. The van der Waals surface area contributed by atoms with E-state index in [4.69, 9.17) is 0 Å². The Kier molecular flexibility index (Phi) is 5.26. The second kappa shape index (κ2) is 7.38. The second-order valence-electron chi connectivity index (χ2n) is 5.07. The molecule has 5 nitrogen and oxygen atoms in total. The monoisotopic (exact) mass is 284 g/mol. The number of amides is 1. The Labute approximate surface area is 124 Å². The maximum absolute atomic E-state index is 12.2. The first-order valence-electron chi connectivity index (χ1n) is 7.05. The van der Waals surface area contributed by atoms with Crippen LogP contribution in [0.1, 0.15) is 29.8 Å². The number of pyridine rings is 2. The number of carbonyl (C=O) groups excluding carboxylic acids is 1. The highest BCUT2D eigenvalue weighted by Gasteiger charge is 2.12. The van der Waals surface area contributed by atoms with Gasteiger partial charge in [-0.25, -0.2) is 4.98 Å². The number of nitrogens with one attached hydrogen (secondary N) is 2. The summed E-state index contributed by atoms with van der Waals surface area (Å²) in [7, 11) is 0. The molecule has 2 aromatic rings. The molecule has 2 N–H and O–H groups in total. The summed E-state index contributed by atoms with van der Waals surface area (Å²) in [6.07, 6.45) is 5.98. The van der Waals surface area contributed by atoms with Crippen molar-refractivity contribution in [2.24, 2.45) is 0 Å². The van der Waals surface area contributed by atoms with E-state index >= 15 is 0 Å². The number of rotatable bonds is 6. The molecule has 0 bridgehead atoms. The molecular weight excluding hydrogens is 264 g/mol. The van der Waals surface area contributed by atoms with Crippen LogP contribution in [-0.2, 0) is 6.42 Å². The largest absolute Gasteiger partial charge is 0.367 e. The number of nitrogens with zero attached hydrogens (tertiary/aromatic N) is 2. The van der Waals surface area contributed by atoms with E-state index in [2.05, 4.69) is 20.6 Å². The molecule has 110 valence electrons. The number of hydrogen-bond donors (Lipinski definition) is 2. The summed E-state index contributed by atoms with van der Waals surface area (Å²) in [5.74, 6) is 0.501. The standard InChI is InChI=1S/C16H20N4O/c1-12(2)20-15-14(6-4-9-18-15)16(21)19-10-7-13-5-3-8-17-11-13/h3-6,8-9,11-12H,7,10H2,1-2H3,(H,18,20)(H,19,21). The van der Waals surface area contributed by atoms with Crippen molar-refractivity contribution in [1.29, 1.82) is 0 Å². The fraction of sp³-hybridized carbons (Fsp3) is 0.312. The molecule has 0 radical (unpaired) electrons. The lowest BCUT2D eigenvalue weighted by Crippen LogP contribution is -2.27. The van der Waals surface area contributed by atoms with E-state index in [1.807, 2.05) is 32.2 Å². The molecule has 0 saturated carbocycles. The van der Waals surface area contributed by atoms with Crippen molar-refractivity contribution < 1.29 is 4.79 Å². The Morgan fingerprint density at radius 1 is 1.24 bits per heavy atom. The summed E-state index contributed by atoms with van der Waals surface area (Å²) in [6.45, 7) is 4.60. The van der Waals surface area contributed by atoms with Crippen LogP contribution in [0.5, 0.6) is 0 Å². The zero-order valence-corrected chi connectivity index (χ0v) is 12.3. The maximum Gasteiger partial charge on any atom is 0.255 e. The lowest BCUT2D eigenvalue weighted by atomic mass is 10.2. The third-order valence-corrected chi connectivity index (χ3v) is 2.90. The predicted octanol–water partition coefficient (Wildman–Crippen LogP) is 2.27. The Hall–Kier alpha value is -2.43. The minimum absolute atomic E-state index is 0.116. The minimum atomic E-state index is -0.116. The van der Waals surface area contributed by atoms with Crippen molar-refractivity contribution in [2.45, 2.75) is 26.3 Å². The van der Waals surface area contributed by atoms with E-state index < -0.39 is 0 Å². The average molecular weight is 284 g/mol. The second-order valence-corrected chi connectivity index (χ2v) is 5.07. The Morgan fingerprint density at radius 3 is 2.76 bits per heavy atom. The van der Waals surface area contributed by atoms with Gasteiger partial charge in [-0.15, -0.1) is 0 Å². The van der Waals surface area contributed by atoms with Crippen molar-refractivity contribution in [3.05, 3.63) is 54.0 Å². The van der Waals surface area contributed by atoms with Crippen molar-refractivity contribution in [2.75, 3.05) is 11.9 Å². The van der Waals surface area contributed by atoms with Gasteiger partial charge in [-0.05, 0) is 44.0 Å². The highest BCUT2D eigenvalue weighted by atomic mass is 16.1. The number of anilines is 1. The van der Waals surface area contributed by atoms with Gasteiger partial charge in [-0.1, -0.05) is 6.07 Å². The maximum atomic E-state index is 12.2. The fourth-order valence-corrected chi connectivity index (χ4v) is 1.94. The molecule has 0 aliphatic rings. The van der Waals surface area contributed by atoms with Crippen LogP contribution in [-0.4, -0.2) is 28.5 Å². The zero-order valence-electron chi connectivity index (χ0n) is 12.3. The van der Waals surface area contributed by atoms with Gasteiger partial charge >= 0.3 is 0 Å². The van der Waals surface area contributed by atoms with Crippen LogP contribution in [0, 0.1) is 0 Å². The Bertz CT molecular complexity index is 584. The molecule has 0 atom stereocenters. The zero-order chi connectivity index (χ0) is 15.1. The number of hydrogen-bond acceptors (Lipinski definition) is 4. The molecule has 0 aliphatic carbocycles. The molecule has 0 saturated heterocycles. The van der Waals surface area contributed by atoms with E-state index in [-0.39, 0.29) is 11.9 Å². The molecule has 0 spiro atoms. The SMILES string of the molecule is CC(C)Nc1ncccc1C(=O)NCCc1cccnc1. The molecule has 0 aliphatic heterocycles. The molecule has 0 fully saturated rings. The molecule has 2 heterocycles. The number of carbonyl (C=O) groups is 1. The fourth-order valence-electron chi connectivity index (χ4n) is 1.94. The smallest absolute Gasteiger partial charge is 0.255 e. The van der Waals surface area contributed by atoms with Crippen LogP contribution in [0.2, 0.25) is 0 Å². The van der Waals surface area contributed by atoms with Crippen LogP contribution >= 0.6 is 0 Å². The first-order valence-corrected chi connectivity index (χ1v) is 7.05. The van der Waals surface area contributed by atoms with Crippen molar-refractivity contribution >= 4 is 11.7 Å². The summed E-state index contributed by atoms with van der Waals surface area (Å²) in [6, 6.07) is 7.65. The van der Waals surface area contributed by atoms with Crippen LogP contribution in [0.25, 0.3) is 0 Å².